The molecule has 1 aliphatic heterocycles. The second-order valence-electron chi connectivity index (χ2n) is 5.75. The average molecular weight is 278 g/mol. The Balaban J connectivity index is 1.97. The van der Waals surface area contributed by atoms with Gasteiger partial charge in [-0.1, -0.05) is 0 Å². The summed E-state index contributed by atoms with van der Waals surface area (Å²) < 4.78 is 1.89. The van der Waals surface area contributed by atoms with Gasteiger partial charge in [0.1, 0.15) is 0 Å². The van der Waals surface area contributed by atoms with Crippen molar-refractivity contribution in [2.45, 2.75) is 52.0 Å². The molecule has 2 rings (SSSR count). The Morgan fingerprint density at radius 3 is 2.75 bits per heavy atom. The molecule has 1 atom stereocenters. The molecule has 112 valence electrons. The van der Waals surface area contributed by atoms with Gasteiger partial charge in [0, 0.05) is 38.3 Å². The topological polar surface area (TPSA) is 64.2 Å². The number of rotatable bonds is 4. The van der Waals surface area contributed by atoms with Crippen molar-refractivity contribution in [3.63, 3.8) is 0 Å². The predicted molar refractivity (Wildman–Crippen MR) is 79.4 cm³/mol. The average Bonchev–Trinajstić information content (AvgIpc) is 2.70. The van der Waals surface area contributed by atoms with Crippen molar-refractivity contribution in [2.75, 3.05) is 13.1 Å². The highest BCUT2D eigenvalue weighted by Gasteiger charge is 2.25. The number of hydrogen-bond acceptors (Lipinski definition) is 3. The van der Waals surface area contributed by atoms with E-state index in [1.54, 1.807) is 0 Å². The molecule has 5 nitrogen and oxygen atoms in total. The molecule has 0 aliphatic carbocycles. The van der Waals surface area contributed by atoms with E-state index in [0.29, 0.717) is 13.0 Å². The molecule has 1 aliphatic rings. The molecule has 1 aromatic heterocycles. The van der Waals surface area contributed by atoms with Crippen LogP contribution in [0.15, 0.2) is 0 Å². The maximum atomic E-state index is 12.4. The van der Waals surface area contributed by atoms with Crippen LogP contribution in [0.5, 0.6) is 0 Å². The number of hydrogen-bond donors (Lipinski definition) is 1. The van der Waals surface area contributed by atoms with Crippen LogP contribution < -0.4 is 5.73 Å². The Bertz CT molecular complexity index is 480. The van der Waals surface area contributed by atoms with Gasteiger partial charge in [-0.15, -0.1) is 0 Å². The van der Waals surface area contributed by atoms with E-state index in [2.05, 4.69) is 12.0 Å². The lowest BCUT2D eigenvalue weighted by Crippen LogP contribution is -2.47. The molecular formula is C15H26N4O. The van der Waals surface area contributed by atoms with E-state index in [-0.39, 0.29) is 11.9 Å². The maximum absolute atomic E-state index is 12.4. The van der Waals surface area contributed by atoms with Crippen LogP contribution in [-0.4, -0.2) is 39.7 Å². The van der Waals surface area contributed by atoms with Crippen LogP contribution in [0, 0.1) is 13.8 Å². The molecule has 0 spiro atoms. The maximum Gasteiger partial charge on any atom is 0.223 e. The molecule has 20 heavy (non-hydrogen) atoms. The molecular weight excluding hydrogens is 252 g/mol. The highest BCUT2D eigenvalue weighted by Crippen LogP contribution is 2.19. The number of aromatic nitrogens is 2. The SMILES string of the molecule is Cc1nn(C)c(C)c1CCC(=O)N1CCCCC1CN. The zero-order valence-corrected chi connectivity index (χ0v) is 12.9. The third-order valence-corrected chi connectivity index (χ3v) is 4.47. The van der Waals surface area contributed by atoms with Gasteiger partial charge < -0.3 is 10.6 Å². The van der Waals surface area contributed by atoms with Crippen LogP contribution >= 0.6 is 0 Å². The van der Waals surface area contributed by atoms with Gasteiger partial charge in [-0.25, -0.2) is 0 Å². The molecule has 2 N–H and O–H groups in total. The first-order valence-electron chi connectivity index (χ1n) is 7.53. The number of carbonyl (C=O) groups is 1. The van der Waals surface area contributed by atoms with Gasteiger partial charge in [-0.05, 0) is 45.1 Å². The zero-order chi connectivity index (χ0) is 14.7. The monoisotopic (exact) mass is 278 g/mol. The zero-order valence-electron chi connectivity index (χ0n) is 12.9. The number of likely N-dealkylation sites (tertiary alicyclic amines) is 1. The van der Waals surface area contributed by atoms with Gasteiger partial charge >= 0.3 is 0 Å². The van der Waals surface area contributed by atoms with E-state index in [1.165, 1.54) is 12.0 Å². The highest BCUT2D eigenvalue weighted by atomic mass is 16.2. The summed E-state index contributed by atoms with van der Waals surface area (Å²) in [5.74, 6) is 0.239. The molecule has 1 amide bonds. The summed E-state index contributed by atoms with van der Waals surface area (Å²) in [7, 11) is 1.95. The Morgan fingerprint density at radius 2 is 2.15 bits per heavy atom. The van der Waals surface area contributed by atoms with Crippen molar-refractivity contribution in [2.24, 2.45) is 12.8 Å². The van der Waals surface area contributed by atoms with Crippen molar-refractivity contribution in [3.8, 4) is 0 Å². The minimum Gasteiger partial charge on any atom is -0.338 e. The first kappa shape index (κ1) is 15.0. The third-order valence-electron chi connectivity index (χ3n) is 4.47. The molecule has 1 aromatic rings. The number of piperidine rings is 1. The van der Waals surface area contributed by atoms with Crippen LogP contribution in [0.4, 0.5) is 0 Å². The quantitative estimate of drug-likeness (QED) is 0.903. The fourth-order valence-corrected chi connectivity index (χ4v) is 3.13. The van der Waals surface area contributed by atoms with Gasteiger partial charge in [0.05, 0.1) is 5.69 Å². The molecule has 0 bridgehead atoms. The van der Waals surface area contributed by atoms with Crippen LogP contribution in [0.1, 0.15) is 42.6 Å². The van der Waals surface area contributed by atoms with Crippen molar-refractivity contribution >= 4 is 5.91 Å². The van der Waals surface area contributed by atoms with Crippen molar-refractivity contribution in [3.05, 3.63) is 17.0 Å². The summed E-state index contributed by atoms with van der Waals surface area (Å²) in [6, 6.07) is 0.243. The van der Waals surface area contributed by atoms with Gasteiger partial charge in [0.15, 0.2) is 0 Å². The fourth-order valence-electron chi connectivity index (χ4n) is 3.13. The summed E-state index contributed by atoms with van der Waals surface area (Å²) >= 11 is 0. The molecule has 1 fully saturated rings. The highest BCUT2D eigenvalue weighted by molar-refractivity contribution is 5.77. The molecule has 5 heteroatoms. The summed E-state index contributed by atoms with van der Waals surface area (Å²) in [5.41, 5.74) is 9.18. The molecule has 1 saturated heterocycles. The lowest BCUT2D eigenvalue weighted by Gasteiger charge is -2.35. The standard InChI is InChI=1S/C15H26N4O/c1-11-14(12(2)18(3)17-11)7-8-15(20)19-9-5-4-6-13(19)10-16/h13H,4-10,16H2,1-3H3. The number of aryl methyl sites for hydroxylation is 2. The molecule has 1 unspecified atom stereocenters. The summed E-state index contributed by atoms with van der Waals surface area (Å²) in [6.07, 6.45) is 4.68. The van der Waals surface area contributed by atoms with Crippen LogP contribution in [0.2, 0.25) is 0 Å². The van der Waals surface area contributed by atoms with Crippen molar-refractivity contribution < 1.29 is 4.79 Å². The smallest absolute Gasteiger partial charge is 0.223 e. The molecule has 2 heterocycles. The minimum absolute atomic E-state index is 0.239. The first-order valence-corrected chi connectivity index (χ1v) is 7.53. The summed E-state index contributed by atoms with van der Waals surface area (Å²) in [5, 5.41) is 4.40. The lowest BCUT2D eigenvalue weighted by atomic mass is 10.0. The van der Waals surface area contributed by atoms with Crippen molar-refractivity contribution in [1.29, 1.82) is 0 Å². The Morgan fingerprint density at radius 1 is 1.40 bits per heavy atom. The Hall–Kier alpha value is -1.36. The predicted octanol–water partition coefficient (Wildman–Crippen LogP) is 1.31. The largest absolute Gasteiger partial charge is 0.338 e. The second-order valence-corrected chi connectivity index (χ2v) is 5.75. The van der Waals surface area contributed by atoms with E-state index in [0.717, 1.165) is 37.2 Å². The van der Waals surface area contributed by atoms with Gasteiger partial charge in [0.2, 0.25) is 5.91 Å². The van der Waals surface area contributed by atoms with E-state index in [4.69, 9.17) is 5.73 Å². The van der Waals surface area contributed by atoms with E-state index < -0.39 is 0 Å². The minimum atomic E-state index is 0.239. The molecule has 0 saturated carbocycles. The number of nitrogens with zero attached hydrogens (tertiary/aromatic N) is 3. The van der Waals surface area contributed by atoms with E-state index in [9.17, 15) is 4.79 Å². The normalized spacial score (nSPS) is 19.4. The Labute approximate surface area is 121 Å². The van der Waals surface area contributed by atoms with Crippen LogP contribution in [0.3, 0.4) is 0 Å². The van der Waals surface area contributed by atoms with Gasteiger partial charge in [-0.3, -0.25) is 9.48 Å². The Kier molecular flexibility index (Phi) is 4.81. The van der Waals surface area contributed by atoms with E-state index in [1.807, 2.05) is 23.6 Å². The molecule has 0 aromatic carbocycles. The third kappa shape index (κ3) is 3.03. The lowest BCUT2D eigenvalue weighted by molar-refractivity contribution is -0.134. The second kappa shape index (κ2) is 6.39. The molecule has 0 radical (unpaired) electrons. The number of nitrogens with two attached hydrogens (primary N) is 1. The van der Waals surface area contributed by atoms with Gasteiger partial charge in [0.25, 0.3) is 0 Å². The van der Waals surface area contributed by atoms with Gasteiger partial charge in [-0.2, -0.15) is 5.10 Å². The van der Waals surface area contributed by atoms with Crippen LogP contribution in [-0.2, 0) is 18.3 Å². The van der Waals surface area contributed by atoms with E-state index >= 15 is 0 Å². The van der Waals surface area contributed by atoms with Crippen molar-refractivity contribution in [1.82, 2.24) is 14.7 Å². The van der Waals surface area contributed by atoms with Crippen LogP contribution in [0.25, 0.3) is 0 Å². The number of amides is 1. The summed E-state index contributed by atoms with van der Waals surface area (Å²) in [6.45, 7) is 5.52. The number of carbonyl (C=O) groups excluding carboxylic acids is 1. The first-order chi connectivity index (χ1) is 9.54. The summed E-state index contributed by atoms with van der Waals surface area (Å²) in [4.78, 5) is 14.4. The fraction of sp³-hybridized carbons (Fsp3) is 0.733.